The Balaban J connectivity index is 1.57. The number of nitrogens with zero attached hydrogens (tertiary/aromatic N) is 3. The fraction of sp³-hybridized carbons (Fsp3) is 0.692. The first-order valence-electron chi connectivity index (χ1n) is 6.60. The Kier molecular flexibility index (Phi) is 2.97. The molecule has 1 heterocycles. The zero-order valence-corrected chi connectivity index (χ0v) is 10.4. The Hall–Kier alpha value is -1.16. The van der Waals surface area contributed by atoms with E-state index in [1.807, 2.05) is 12.4 Å². The number of hydrogen-bond donors (Lipinski definition) is 1. The topological polar surface area (TPSA) is 41.1 Å². The smallest absolute Gasteiger partial charge is 0.147 e. The molecule has 0 spiro atoms. The average Bonchev–Trinajstić information content (AvgIpc) is 3.08. The normalized spacial score (nSPS) is 20.1. The Morgan fingerprint density at radius 3 is 2.59 bits per heavy atom. The van der Waals surface area contributed by atoms with Crippen LogP contribution in [0.4, 0.5) is 5.82 Å². The van der Waals surface area contributed by atoms with Crippen LogP contribution < -0.4 is 10.2 Å². The van der Waals surface area contributed by atoms with Crippen molar-refractivity contribution < 1.29 is 0 Å². The minimum Gasteiger partial charge on any atom is -0.355 e. The molecule has 0 aliphatic heterocycles. The first kappa shape index (κ1) is 11.0. The van der Waals surface area contributed by atoms with Crippen molar-refractivity contribution in [1.82, 2.24) is 15.3 Å². The Morgan fingerprint density at radius 2 is 2.06 bits per heavy atom. The molecule has 4 nitrogen and oxygen atoms in total. The van der Waals surface area contributed by atoms with Crippen LogP contribution in [-0.4, -0.2) is 29.1 Å². The van der Waals surface area contributed by atoms with E-state index in [0.717, 1.165) is 24.1 Å². The third kappa shape index (κ3) is 2.57. The zero-order chi connectivity index (χ0) is 11.7. The van der Waals surface area contributed by atoms with Crippen LogP contribution in [0.2, 0.25) is 0 Å². The molecule has 17 heavy (non-hydrogen) atoms. The van der Waals surface area contributed by atoms with Crippen LogP contribution in [0, 0.1) is 0 Å². The number of rotatable bonds is 5. The van der Waals surface area contributed by atoms with Crippen molar-refractivity contribution in [2.24, 2.45) is 0 Å². The minimum atomic E-state index is 0.680. The molecule has 0 bridgehead atoms. The van der Waals surface area contributed by atoms with Gasteiger partial charge in [0.2, 0.25) is 0 Å². The van der Waals surface area contributed by atoms with E-state index < -0.39 is 0 Å². The van der Waals surface area contributed by atoms with Gasteiger partial charge >= 0.3 is 0 Å². The summed E-state index contributed by atoms with van der Waals surface area (Å²) in [4.78, 5) is 11.2. The van der Waals surface area contributed by atoms with Crippen LogP contribution >= 0.6 is 0 Å². The maximum Gasteiger partial charge on any atom is 0.147 e. The highest BCUT2D eigenvalue weighted by Gasteiger charge is 2.23. The van der Waals surface area contributed by atoms with Crippen molar-refractivity contribution in [2.45, 2.75) is 50.7 Å². The van der Waals surface area contributed by atoms with E-state index in [2.05, 4.69) is 27.2 Å². The highest BCUT2D eigenvalue weighted by molar-refractivity contribution is 5.36. The quantitative estimate of drug-likeness (QED) is 0.839. The van der Waals surface area contributed by atoms with Gasteiger partial charge in [0.05, 0.1) is 18.1 Å². The summed E-state index contributed by atoms with van der Waals surface area (Å²) in [7, 11) is 2.12. The molecular weight excluding hydrogens is 212 g/mol. The highest BCUT2D eigenvalue weighted by Crippen LogP contribution is 2.26. The molecule has 0 amide bonds. The number of hydrogen-bond acceptors (Lipinski definition) is 4. The molecule has 2 aliphatic carbocycles. The van der Waals surface area contributed by atoms with E-state index in [0.29, 0.717) is 6.04 Å². The standard InChI is InChI=1S/C13H20N4/c1-17(12-3-2-4-12)13-9-15-11(8-16-13)7-14-10-5-6-10/h8-10,12,14H,2-7H2,1H3. The van der Waals surface area contributed by atoms with E-state index in [4.69, 9.17) is 0 Å². The minimum absolute atomic E-state index is 0.680. The SMILES string of the molecule is CN(c1cnc(CNC2CC2)cn1)C1CCC1. The molecule has 3 rings (SSSR count). The second-order valence-electron chi connectivity index (χ2n) is 5.22. The Bertz CT molecular complexity index is 368. The first-order chi connectivity index (χ1) is 8.33. The second kappa shape index (κ2) is 4.61. The largest absolute Gasteiger partial charge is 0.355 e. The molecule has 1 N–H and O–H groups in total. The van der Waals surface area contributed by atoms with Gasteiger partial charge in [0.25, 0.3) is 0 Å². The second-order valence-corrected chi connectivity index (χ2v) is 5.22. The van der Waals surface area contributed by atoms with Gasteiger partial charge in [0, 0.05) is 25.7 Å². The molecule has 0 saturated heterocycles. The van der Waals surface area contributed by atoms with Gasteiger partial charge in [-0.25, -0.2) is 4.98 Å². The summed E-state index contributed by atoms with van der Waals surface area (Å²) in [6, 6.07) is 1.41. The van der Waals surface area contributed by atoms with Crippen molar-refractivity contribution in [1.29, 1.82) is 0 Å². The predicted octanol–water partition coefficient (Wildman–Crippen LogP) is 1.72. The first-order valence-corrected chi connectivity index (χ1v) is 6.60. The van der Waals surface area contributed by atoms with Crippen molar-refractivity contribution in [2.75, 3.05) is 11.9 Å². The maximum absolute atomic E-state index is 4.50. The molecule has 2 aliphatic rings. The maximum atomic E-state index is 4.50. The summed E-state index contributed by atoms with van der Waals surface area (Å²) in [5.74, 6) is 1.00. The molecular formula is C13H20N4. The summed E-state index contributed by atoms with van der Waals surface area (Å²) in [5, 5.41) is 3.45. The summed E-state index contributed by atoms with van der Waals surface area (Å²) < 4.78 is 0. The molecule has 1 aromatic rings. The third-order valence-electron chi connectivity index (χ3n) is 3.82. The monoisotopic (exact) mass is 232 g/mol. The molecule has 0 radical (unpaired) electrons. The summed E-state index contributed by atoms with van der Waals surface area (Å²) in [6.07, 6.45) is 10.4. The van der Waals surface area contributed by atoms with Crippen LogP contribution in [0.15, 0.2) is 12.4 Å². The molecule has 0 aromatic carbocycles. The average molecular weight is 232 g/mol. The predicted molar refractivity (Wildman–Crippen MR) is 67.9 cm³/mol. The lowest BCUT2D eigenvalue weighted by Gasteiger charge is -2.35. The van der Waals surface area contributed by atoms with E-state index in [9.17, 15) is 0 Å². The molecule has 0 unspecified atom stereocenters. The van der Waals surface area contributed by atoms with Crippen LogP contribution in [-0.2, 0) is 6.54 Å². The third-order valence-corrected chi connectivity index (χ3v) is 3.82. The Morgan fingerprint density at radius 1 is 1.24 bits per heavy atom. The van der Waals surface area contributed by atoms with E-state index in [1.165, 1.54) is 32.1 Å². The van der Waals surface area contributed by atoms with Gasteiger partial charge in [-0.1, -0.05) is 0 Å². The lowest BCUT2D eigenvalue weighted by molar-refractivity contribution is 0.399. The zero-order valence-electron chi connectivity index (χ0n) is 10.4. The Labute approximate surface area is 102 Å². The molecule has 4 heteroatoms. The van der Waals surface area contributed by atoms with Gasteiger partial charge in [-0.3, -0.25) is 4.98 Å². The fourth-order valence-corrected chi connectivity index (χ4v) is 2.12. The number of aromatic nitrogens is 2. The molecule has 0 atom stereocenters. The van der Waals surface area contributed by atoms with Crippen LogP contribution in [0.3, 0.4) is 0 Å². The van der Waals surface area contributed by atoms with Gasteiger partial charge in [-0.05, 0) is 32.1 Å². The summed E-state index contributed by atoms with van der Waals surface area (Å²) in [6.45, 7) is 0.852. The number of nitrogens with one attached hydrogen (secondary N) is 1. The lowest BCUT2D eigenvalue weighted by atomic mass is 9.92. The van der Waals surface area contributed by atoms with Gasteiger partial charge in [-0.15, -0.1) is 0 Å². The van der Waals surface area contributed by atoms with Gasteiger partial charge in [0.15, 0.2) is 0 Å². The molecule has 2 fully saturated rings. The van der Waals surface area contributed by atoms with Gasteiger partial charge in [0.1, 0.15) is 5.82 Å². The van der Waals surface area contributed by atoms with Crippen molar-refractivity contribution in [3.05, 3.63) is 18.1 Å². The van der Waals surface area contributed by atoms with Gasteiger partial charge < -0.3 is 10.2 Å². The molecule has 92 valence electrons. The summed E-state index contributed by atoms with van der Waals surface area (Å²) in [5.41, 5.74) is 1.04. The lowest BCUT2D eigenvalue weighted by Crippen LogP contribution is -2.37. The van der Waals surface area contributed by atoms with Crippen molar-refractivity contribution >= 4 is 5.82 Å². The van der Waals surface area contributed by atoms with Crippen LogP contribution in [0.25, 0.3) is 0 Å². The van der Waals surface area contributed by atoms with Crippen LogP contribution in [0.5, 0.6) is 0 Å². The fourth-order valence-electron chi connectivity index (χ4n) is 2.12. The summed E-state index contributed by atoms with van der Waals surface area (Å²) >= 11 is 0. The van der Waals surface area contributed by atoms with Crippen molar-refractivity contribution in [3.8, 4) is 0 Å². The van der Waals surface area contributed by atoms with Crippen molar-refractivity contribution in [3.63, 3.8) is 0 Å². The molecule has 1 aromatic heterocycles. The molecule has 2 saturated carbocycles. The van der Waals surface area contributed by atoms with Crippen LogP contribution in [0.1, 0.15) is 37.8 Å². The van der Waals surface area contributed by atoms with Gasteiger partial charge in [-0.2, -0.15) is 0 Å². The van der Waals surface area contributed by atoms with E-state index in [1.54, 1.807) is 0 Å². The van der Waals surface area contributed by atoms with E-state index >= 15 is 0 Å². The highest BCUT2D eigenvalue weighted by atomic mass is 15.2. The van der Waals surface area contributed by atoms with E-state index in [-0.39, 0.29) is 0 Å². The number of anilines is 1.